The number of rotatable bonds is 29. The number of carboxylic acids is 1. The summed E-state index contributed by atoms with van der Waals surface area (Å²) >= 11 is 0. The van der Waals surface area contributed by atoms with Crippen molar-refractivity contribution in [2.75, 3.05) is 26.2 Å². The summed E-state index contributed by atoms with van der Waals surface area (Å²) in [7, 11) is 0. The summed E-state index contributed by atoms with van der Waals surface area (Å²) in [4.78, 5) is 141. The van der Waals surface area contributed by atoms with Gasteiger partial charge in [-0.15, -0.1) is 0 Å². The number of para-hydroxylation sites is 1. The maximum absolute atomic E-state index is 15.4. The van der Waals surface area contributed by atoms with Gasteiger partial charge < -0.3 is 76.6 Å². The molecule has 0 radical (unpaired) electrons. The number of hydrogen-bond donors (Lipinski definition) is 9. The van der Waals surface area contributed by atoms with Crippen LogP contribution in [0.3, 0.4) is 0 Å². The number of alkyl carbamates (subject to hydrolysis) is 3. The molecule has 7 atom stereocenters. The summed E-state index contributed by atoms with van der Waals surface area (Å²) in [6, 6.07) is 31.2. The van der Waals surface area contributed by atoms with E-state index in [-0.39, 0.29) is 76.7 Å². The lowest BCUT2D eigenvalue weighted by molar-refractivity contribution is -0.142. The monoisotopic (exact) mass is 1360 g/mol. The average molecular weight is 1370 g/mol. The summed E-state index contributed by atoms with van der Waals surface area (Å²) < 4.78 is 29.4. The molecular weight excluding hydrogens is 1270 g/mol. The van der Waals surface area contributed by atoms with Gasteiger partial charge in [-0.2, -0.15) is 0 Å². The molecule has 26 heteroatoms. The molecule has 0 aliphatic carbocycles. The van der Waals surface area contributed by atoms with Crippen LogP contribution >= 0.6 is 0 Å². The highest BCUT2D eigenvalue weighted by Gasteiger charge is 2.44. The number of carbonyl (C=O) groups is 10. The van der Waals surface area contributed by atoms with Crippen LogP contribution in [0.5, 0.6) is 5.75 Å². The summed E-state index contributed by atoms with van der Waals surface area (Å²) in [6.45, 7) is 15.3. The van der Waals surface area contributed by atoms with Crippen molar-refractivity contribution in [3.05, 3.63) is 174 Å². The highest BCUT2D eigenvalue weighted by atomic mass is 16.6. The smallest absolute Gasteiger partial charge is 0.419 e. The maximum atomic E-state index is 15.4. The Labute approximate surface area is 576 Å². The van der Waals surface area contributed by atoms with E-state index in [1.807, 2.05) is 30.3 Å². The van der Waals surface area contributed by atoms with Gasteiger partial charge in [0.2, 0.25) is 29.5 Å². The molecule has 7 rings (SSSR count). The third-order valence-electron chi connectivity index (χ3n) is 15.4. The van der Waals surface area contributed by atoms with Crippen LogP contribution in [0.1, 0.15) is 122 Å². The van der Waals surface area contributed by atoms with Gasteiger partial charge >= 0.3 is 30.3 Å². The molecule has 2 heterocycles. The third kappa shape index (κ3) is 24.5. The molecule has 0 spiro atoms. The minimum atomic E-state index is -1.64. The molecule has 0 bridgehead atoms. The molecule has 1 aliphatic rings. The van der Waals surface area contributed by atoms with Gasteiger partial charge in [0, 0.05) is 50.5 Å². The van der Waals surface area contributed by atoms with Crippen LogP contribution in [0, 0.1) is 0 Å². The first-order chi connectivity index (χ1) is 46.9. The lowest BCUT2D eigenvalue weighted by atomic mass is 10.0. The van der Waals surface area contributed by atoms with Gasteiger partial charge in [-0.05, 0) is 134 Å². The van der Waals surface area contributed by atoms with Crippen LogP contribution < -0.4 is 47.7 Å². The lowest BCUT2D eigenvalue weighted by Crippen LogP contribution is -2.58. The molecule has 5 aromatic carbocycles. The van der Waals surface area contributed by atoms with Crippen LogP contribution in [-0.4, -0.2) is 154 Å². The predicted octanol–water partition coefficient (Wildman–Crippen LogP) is 7.67. The topological polar surface area (TPSA) is 355 Å². The number of hydrogen-bond acceptors (Lipinski definition) is 16. The zero-order valence-corrected chi connectivity index (χ0v) is 57.4. The summed E-state index contributed by atoms with van der Waals surface area (Å²) in [6.07, 6.45) is -3.05. The number of fused-ring (bicyclic) bond motifs is 1. The Balaban J connectivity index is 1.19. The molecule has 530 valence electrons. The van der Waals surface area contributed by atoms with Crippen LogP contribution in [0.2, 0.25) is 0 Å². The van der Waals surface area contributed by atoms with Gasteiger partial charge in [0.15, 0.2) is 0 Å². The van der Waals surface area contributed by atoms with Crippen molar-refractivity contribution in [1.82, 2.24) is 46.7 Å². The molecule has 8 amide bonds. The van der Waals surface area contributed by atoms with Gasteiger partial charge in [0.1, 0.15) is 65.5 Å². The highest BCUT2D eigenvalue weighted by molar-refractivity contribution is 5.98. The number of carboxylic acid groups (broad SMARTS) is 1. The van der Waals surface area contributed by atoms with Gasteiger partial charge in [0.05, 0.1) is 18.1 Å². The van der Waals surface area contributed by atoms with Crippen molar-refractivity contribution in [3.8, 4) is 5.75 Å². The van der Waals surface area contributed by atoms with Crippen molar-refractivity contribution in [2.45, 2.75) is 173 Å². The van der Waals surface area contributed by atoms with E-state index in [2.05, 4.69) is 37.2 Å². The number of unbranched alkanes of at least 4 members (excludes halogenated alkanes) is 1. The van der Waals surface area contributed by atoms with Gasteiger partial charge in [0.25, 0.3) is 0 Å². The van der Waals surface area contributed by atoms with Crippen LogP contribution in [-0.2, 0) is 73.6 Å². The summed E-state index contributed by atoms with van der Waals surface area (Å²) in [5, 5.41) is 29.9. The highest BCUT2D eigenvalue weighted by Crippen LogP contribution is 2.28. The molecule has 99 heavy (non-hydrogen) atoms. The second kappa shape index (κ2) is 35.1. The molecule has 6 aromatic rings. The molecule has 1 aromatic heterocycles. The Morgan fingerprint density at radius 2 is 1.07 bits per heavy atom. The molecule has 0 unspecified atom stereocenters. The largest absolute Gasteiger partial charge is 0.489 e. The van der Waals surface area contributed by atoms with Crippen molar-refractivity contribution >= 4 is 70.8 Å². The van der Waals surface area contributed by atoms with E-state index in [4.69, 9.17) is 29.4 Å². The van der Waals surface area contributed by atoms with E-state index < -0.39 is 119 Å². The number of aromatic nitrogens is 1. The Bertz CT molecular complexity index is 3740. The maximum Gasteiger partial charge on any atom is 0.419 e. The molecule has 1 aliphatic heterocycles. The fourth-order valence-corrected chi connectivity index (χ4v) is 10.8. The number of benzene rings is 5. The number of nitrogens with one attached hydrogen (secondary N) is 7. The fraction of sp³-hybridized carbons (Fsp3) is 0.425. The first kappa shape index (κ1) is 75.9. The van der Waals surface area contributed by atoms with Crippen molar-refractivity contribution in [3.63, 3.8) is 0 Å². The summed E-state index contributed by atoms with van der Waals surface area (Å²) in [5.74, 6) is -5.18. The van der Waals surface area contributed by atoms with Crippen LogP contribution in [0.4, 0.5) is 19.2 Å². The van der Waals surface area contributed by atoms with E-state index in [0.29, 0.717) is 34.4 Å². The number of amides is 8. The number of nitrogens with two attached hydrogens (primary N) is 1. The number of carbonyl (C=O) groups excluding carboxylic acids is 9. The van der Waals surface area contributed by atoms with E-state index >= 15 is 14.4 Å². The van der Waals surface area contributed by atoms with Crippen molar-refractivity contribution < 1.29 is 76.7 Å². The molecule has 1 saturated heterocycles. The molecular formula is C73H92N10O16. The van der Waals surface area contributed by atoms with E-state index in [0.717, 1.165) is 11.1 Å². The number of likely N-dealkylation sites (tertiary alicyclic amines) is 1. The first-order valence-corrected chi connectivity index (χ1v) is 32.9. The predicted molar refractivity (Wildman–Crippen MR) is 368 cm³/mol. The first-order valence-electron chi connectivity index (χ1n) is 32.9. The SMILES string of the molecule is CC(C)(C)OC(=O)NCCCC[C@H](NC(=O)[C@@H](Cc1cn(C(=O)OC(C)(C)C)c2ccccc12)NC(=O)[C@@H](NC(=O)[C@@H]1C[C@@H](OC(=O)NCCNC(=O)OC(C)(C)C)CN1C(=O)[C@@H](N)Cc1ccccc1)c1ccccc1)C(=O)N[C@@H](Cc1ccc(OCc2ccccc2)cc1)C(=O)O. The van der Waals surface area contributed by atoms with Gasteiger partial charge in [-0.3, -0.25) is 28.5 Å². The standard InChI is InChI=1S/C73H92N10O16/c1-71(2,3)97-68(92)75-36-22-21-30-55(61(84)80-57(66(89)90)40-47-32-34-51(35-33-47)95-45-48-25-15-11-16-26-48)78-62(85)56(41-50-43-83(70(94)99-73(7,8)9)58-31-20-19-29-53(50)58)79-64(87)60(49-27-17-12-18-28-49)81-63(86)59-42-52(96-67(91)76-37-38-77-69(93)98-72(4,5)6)44-82(59)65(88)54(74)39-46-23-13-10-14-24-46/h10-20,23-29,31-35,43,52,54-57,59-60H,21-22,30,36-42,44-45,74H2,1-9H3,(H,75,92)(H,76,91)(H,77,93)(H,78,85)(H,79,87)(H,80,84)(H,81,86)(H,89,90)/t52-,54+,55+,56-,57+,59+,60+/m1/s1. The zero-order chi connectivity index (χ0) is 72.0. The fourth-order valence-electron chi connectivity index (χ4n) is 10.8. The zero-order valence-electron chi connectivity index (χ0n) is 57.4. The number of aliphatic carboxylic acids is 1. The third-order valence-corrected chi connectivity index (χ3v) is 15.4. The van der Waals surface area contributed by atoms with Crippen LogP contribution in [0.15, 0.2) is 146 Å². The average Bonchev–Trinajstić information content (AvgIpc) is 1.76. The lowest BCUT2D eigenvalue weighted by Gasteiger charge is -2.29. The van der Waals surface area contributed by atoms with Gasteiger partial charge in [-0.1, -0.05) is 121 Å². The quantitative estimate of drug-likeness (QED) is 0.0161. The summed E-state index contributed by atoms with van der Waals surface area (Å²) in [5.41, 5.74) is 7.27. The molecule has 26 nitrogen and oxygen atoms in total. The minimum Gasteiger partial charge on any atom is -0.489 e. The molecule has 10 N–H and O–H groups in total. The second-order valence-electron chi connectivity index (χ2n) is 27.1. The van der Waals surface area contributed by atoms with Crippen molar-refractivity contribution in [1.29, 1.82) is 0 Å². The number of ether oxygens (including phenoxy) is 5. The van der Waals surface area contributed by atoms with E-state index in [9.17, 15) is 38.7 Å². The van der Waals surface area contributed by atoms with Gasteiger partial charge in [-0.25, -0.2) is 24.0 Å². The minimum absolute atomic E-state index is 0.0248. The van der Waals surface area contributed by atoms with E-state index in [1.54, 1.807) is 172 Å². The molecule has 0 saturated carbocycles. The normalized spacial score (nSPS) is 15.3. The van der Waals surface area contributed by atoms with E-state index in [1.165, 1.54) is 15.7 Å². The Morgan fingerprint density at radius 1 is 0.545 bits per heavy atom. The Kier molecular flexibility index (Phi) is 26.9. The van der Waals surface area contributed by atoms with Crippen molar-refractivity contribution in [2.24, 2.45) is 5.73 Å². The Hall–Kier alpha value is -10.5. The van der Waals surface area contributed by atoms with Crippen LogP contribution in [0.25, 0.3) is 10.9 Å². The Morgan fingerprint density at radius 3 is 1.68 bits per heavy atom. The molecule has 1 fully saturated rings. The number of nitrogens with zero attached hydrogens (tertiary/aromatic N) is 2. The second-order valence-corrected chi connectivity index (χ2v) is 27.1.